The van der Waals surface area contributed by atoms with Gasteiger partial charge in [0.2, 0.25) is 0 Å². The van der Waals surface area contributed by atoms with Crippen molar-refractivity contribution in [2.45, 2.75) is 13.5 Å². The van der Waals surface area contributed by atoms with Gasteiger partial charge in [-0.3, -0.25) is 0 Å². The summed E-state index contributed by atoms with van der Waals surface area (Å²) < 4.78 is 5.23. The fourth-order valence-electron chi connectivity index (χ4n) is 0.983. The van der Waals surface area contributed by atoms with Crippen LogP contribution in [0, 0.1) is 0 Å². The van der Waals surface area contributed by atoms with Crippen molar-refractivity contribution in [2.24, 2.45) is 0 Å². The van der Waals surface area contributed by atoms with Gasteiger partial charge in [-0.15, -0.1) is 0 Å². The predicted molar refractivity (Wildman–Crippen MR) is 47.9 cm³/mol. The molecule has 1 rings (SSSR count). The van der Waals surface area contributed by atoms with Crippen LogP contribution in [0.5, 0.6) is 5.75 Å². The molecule has 12 heavy (non-hydrogen) atoms. The van der Waals surface area contributed by atoms with E-state index in [4.69, 9.17) is 15.6 Å². The van der Waals surface area contributed by atoms with Crippen molar-refractivity contribution in [1.82, 2.24) is 0 Å². The Bertz CT molecular complexity index is 261. The maximum Gasteiger partial charge on any atom is 0.142 e. The molecule has 0 aliphatic rings. The third-order valence-corrected chi connectivity index (χ3v) is 1.56. The number of aliphatic hydroxyl groups excluding tert-OH is 1. The molecule has 3 N–H and O–H groups in total. The van der Waals surface area contributed by atoms with E-state index in [0.29, 0.717) is 18.0 Å². The molecule has 0 aliphatic heterocycles. The van der Waals surface area contributed by atoms with E-state index < -0.39 is 0 Å². The second kappa shape index (κ2) is 3.97. The number of aliphatic hydroxyl groups is 1. The standard InChI is InChI=1S/C9H13NO2/c1-2-12-9-4-3-7(6-11)5-8(9)10/h3-5,11H,2,6,10H2,1H3. The molecular weight excluding hydrogens is 154 g/mol. The molecule has 0 spiro atoms. The van der Waals surface area contributed by atoms with E-state index in [9.17, 15) is 0 Å². The highest BCUT2D eigenvalue weighted by Gasteiger charge is 1.99. The second-order valence-electron chi connectivity index (χ2n) is 2.46. The number of hydrogen-bond acceptors (Lipinski definition) is 3. The van der Waals surface area contributed by atoms with Gasteiger partial charge in [0.05, 0.1) is 18.9 Å². The smallest absolute Gasteiger partial charge is 0.142 e. The first kappa shape index (κ1) is 8.87. The van der Waals surface area contributed by atoms with Crippen LogP contribution in [-0.2, 0) is 6.61 Å². The average Bonchev–Trinajstić information content (AvgIpc) is 2.09. The van der Waals surface area contributed by atoms with Crippen LogP contribution in [-0.4, -0.2) is 11.7 Å². The Hall–Kier alpha value is -1.22. The van der Waals surface area contributed by atoms with Crippen LogP contribution in [0.1, 0.15) is 12.5 Å². The molecule has 0 saturated carbocycles. The summed E-state index contributed by atoms with van der Waals surface area (Å²) in [5.74, 6) is 0.676. The van der Waals surface area contributed by atoms with E-state index >= 15 is 0 Å². The molecule has 1 aromatic carbocycles. The Balaban J connectivity index is 2.87. The van der Waals surface area contributed by atoms with Gasteiger partial charge < -0.3 is 15.6 Å². The van der Waals surface area contributed by atoms with Gasteiger partial charge in [0.15, 0.2) is 0 Å². The fraction of sp³-hybridized carbons (Fsp3) is 0.333. The topological polar surface area (TPSA) is 55.5 Å². The number of nitrogen functional groups attached to an aromatic ring is 1. The molecule has 0 saturated heterocycles. The van der Waals surface area contributed by atoms with Crippen LogP contribution in [0.2, 0.25) is 0 Å². The molecule has 0 heterocycles. The number of nitrogens with two attached hydrogens (primary N) is 1. The Morgan fingerprint density at radius 2 is 2.25 bits per heavy atom. The average molecular weight is 167 g/mol. The van der Waals surface area contributed by atoms with Crippen LogP contribution in [0.3, 0.4) is 0 Å². The summed E-state index contributed by atoms with van der Waals surface area (Å²) in [5.41, 5.74) is 7.02. The van der Waals surface area contributed by atoms with Gasteiger partial charge in [-0.1, -0.05) is 6.07 Å². The summed E-state index contributed by atoms with van der Waals surface area (Å²) in [6.07, 6.45) is 0. The molecule has 0 radical (unpaired) electrons. The first-order valence-corrected chi connectivity index (χ1v) is 3.90. The largest absolute Gasteiger partial charge is 0.492 e. The Morgan fingerprint density at radius 1 is 1.50 bits per heavy atom. The lowest BCUT2D eigenvalue weighted by atomic mass is 10.2. The van der Waals surface area contributed by atoms with Gasteiger partial charge in [0.1, 0.15) is 5.75 Å². The summed E-state index contributed by atoms with van der Waals surface area (Å²) in [5, 5.41) is 8.79. The van der Waals surface area contributed by atoms with Crippen molar-refractivity contribution in [1.29, 1.82) is 0 Å². The lowest BCUT2D eigenvalue weighted by Gasteiger charge is -2.07. The lowest BCUT2D eigenvalue weighted by Crippen LogP contribution is -1.97. The highest BCUT2D eigenvalue weighted by molar-refractivity contribution is 5.54. The summed E-state index contributed by atoms with van der Waals surface area (Å²) in [7, 11) is 0. The van der Waals surface area contributed by atoms with Crippen molar-refractivity contribution >= 4 is 5.69 Å². The normalized spacial score (nSPS) is 9.83. The zero-order chi connectivity index (χ0) is 8.97. The molecule has 3 nitrogen and oxygen atoms in total. The number of benzene rings is 1. The van der Waals surface area contributed by atoms with Crippen LogP contribution in [0.25, 0.3) is 0 Å². The molecule has 0 bridgehead atoms. The minimum absolute atomic E-state index is 0.0105. The zero-order valence-electron chi connectivity index (χ0n) is 7.08. The number of ether oxygens (including phenoxy) is 1. The van der Waals surface area contributed by atoms with Crippen molar-refractivity contribution < 1.29 is 9.84 Å². The molecule has 0 unspecified atom stereocenters. The van der Waals surface area contributed by atoms with E-state index in [1.165, 1.54) is 0 Å². The molecule has 66 valence electrons. The van der Waals surface area contributed by atoms with Crippen LogP contribution >= 0.6 is 0 Å². The Labute approximate surface area is 71.8 Å². The Morgan fingerprint density at radius 3 is 2.75 bits per heavy atom. The monoisotopic (exact) mass is 167 g/mol. The third-order valence-electron chi connectivity index (χ3n) is 1.56. The molecular formula is C9H13NO2. The van der Waals surface area contributed by atoms with Crippen molar-refractivity contribution in [3.05, 3.63) is 23.8 Å². The minimum atomic E-state index is 0.0105. The quantitative estimate of drug-likeness (QED) is 0.664. The molecule has 0 fully saturated rings. The van der Waals surface area contributed by atoms with E-state index in [1.54, 1.807) is 18.2 Å². The summed E-state index contributed by atoms with van der Waals surface area (Å²) >= 11 is 0. The first-order chi connectivity index (χ1) is 5.77. The minimum Gasteiger partial charge on any atom is -0.492 e. The van der Waals surface area contributed by atoms with Gasteiger partial charge in [0.25, 0.3) is 0 Å². The molecule has 0 amide bonds. The first-order valence-electron chi connectivity index (χ1n) is 3.90. The van der Waals surface area contributed by atoms with Crippen LogP contribution < -0.4 is 10.5 Å². The van der Waals surface area contributed by atoms with Gasteiger partial charge in [-0.2, -0.15) is 0 Å². The SMILES string of the molecule is CCOc1ccc(CO)cc1N. The number of hydrogen-bond donors (Lipinski definition) is 2. The molecule has 0 atom stereocenters. The summed E-state index contributed by atoms with van der Waals surface area (Å²) in [6.45, 7) is 2.51. The van der Waals surface area contributed by atoms with Crippen molar-refractivity contribution in [2.75, 3.05) is 12.3 Å². The predicted octanol–water partition coefficient (Wildman–Crippen LogP) is 1.16. The zero-order valence-corrected chi connectivity index (χ0v) is 7.08. The lowest BCUT2D eigenvalue weighted by molar-refractivity contribution is 0.281. The summed E-state index contributed by atoms with van der Waals surface area (Å²) in [4.78, 5) is 0. The molecule has 3 heteroatoms. The van der Waals surface area contributed by atoms with Gasteiger partial charge >= 0.3 is 0 Å². The highest BCUT2D eigenvalue weighted by Crippen LogP contribution is 2.22. The van der Waals surface area contributed by atoms with Crippen LogP contribution in [0.15, 0.2) is 18.2 Å². The third kappa shape index (κ3) is 1.89. The highest BCUT2D eigenvalue weighted by atomic mass is 16.5. The van der Waals surface area contributed by atoms with Crippen LogP contribution in [0.4, 0.5) is 5.69 Å². The van der Waals surface area contributed by atoms with Gasteiger partial charge in [-0.05, 0) is 24.6 Å². The van der Waals surface area contributed by atoms with E-state index in [1.807, 2.05) is 6.92 Å². The van der Waals surface area contributed by atoms with E-state index in [-0.39, 0.29) is 6.61 Å². The van der Waals surface area contributed by atoms with Gasteiger partial charge in [0, 0.05) is 0 Å². The number of anilines is 1. The molecule has 0 aliphatic carbocycles. The second-order valence-corrected chi connectivity index (χ2v) is 2.46. The fourth-order valence-corrected chi connectivity index (χ4v) is 0.983. The van der Waals surface area contributed by atoms with Gasteiger partial charge in [-0.25, -0.2) is 0 Å². The summed E-state index contributed by atoms with van der Waals surface area (Å²) in [6, 6.07) is 5.27. The maximum atomic E-state index is 8.79. The molecule has 1 aromatic rings. The van der Waals surface area contributed by atoms with E-state index in [2.05, 4.69) is 0 Å². The van der Waals surface area contributed by atoms with E-state index in [0.717, 1.165) is 5.56 Å². The Kier molecular flexibility index (Phi) is 2.94. The van der Waals surface area contributed by atoms with Crippen molar-refractivity contribution in [3.8, 4) is 5.75 Å². The number of rotatable bonds is 3. The molecule has 0 aromatic heterocycles. The maximum absolute atomic E-state index is 8.79. The van der Waals surface area contributed by atoms with Crippen molar-refractivity contribution in [3.63, 3.8) is 0 Å².